The summed E-state index contributed by atoms with van der Waals surface area (Å²) in [5.74, 6) is 0.612. The molecule has 1 aliphatic rings. The van der Waals surface area contributed by atoms with Crippen molar-refractivity contribution in [2.45, 2.75) is 6.42 Å². The van der Waals surface area contributed by atoms with Crippen LogP contribution in [0.2, 0.25) is 5.02 Å². The third-order valence-corrected chi connectivity index (χ3v) is 4.71. The Labute approximate surface area is 189 Å². The molecule has 1 fully saturated rings. The fraction of sp³-hybridized carbons (Fsp3) is 0.579. The van der Waals surface area contributed by atoms with Crippen LogP contribution in [0.4, 0.5) is 0 Å². The third kappa shape index (κ3) is 9.40. The van der Waals surface area contributed by atoms with E-state index < -0.39 is 0 Å². The minimum absolute atomic E-state index is 0. The van der Waals surface area contributed by atoms with Crippen LogP contribution in [0.25, 0.3) is 0 Å². The van der Waals surface area contributed by atoms with E-state index in [4.69, 9.17) is 16.3 Å². The number of amides is 1. The zero-order valence-electron chi connectivity index (χ0n) is 16.6. The number of benzene rings is 1. The van der Waals surface area contributed by atoms with Gasteiger partial charge in [-0.15, -0.1) is 24.0 Å². The van der Waals surface area contributed by atoms with Crippen LogP contribution >= 0.6 is 35.6 Å². The van der Waals surface area contributed by atoms with Gasteiger partial charge in [0.2, 0.25) is 5.91 Å². The fourth-order valence-corrected chi connectivity index (χ4v) is 2.87. The van der Waals surface area contributed by atoms with Crippen LogP contribution in [0.15, 0.2) is 29.3 Å². The summed E-state index contributed by atoms with van der Waals surface area (Å²) in [4.78, 5) is 20.1. The maximum absolute atomic E-state index is 11.8. The van der Waals surface area contributed by atoms with Gasteiger partial charge >= 0.3 is 0 Å². The van der Waals surface area contributed by atoms with E-state index in [0.717, 1.165) is 56.4 Å². The maximum Gasteiger partial charge on any atom is 0.243 e. The number of hydrogen-bond acceptors (Lipinski definition) is 4. The highest BCUT2D eigenvalue weighted by atomic mass is 127. The molecule has 1 heterocycles. The average Bonchev–Trinajstić information content (AvgIpc) is 2.67. The maximum atomic E-state index is 11.8. The van der Waals surface area contributed by atoms with E-state index in [-0.39, 0.29) is 36.4 Å². The lowest BCUT2D eigenvalue weighted by Gasteiger charge is -2.26. The van der Waals surface area contributed by atoms with Crippen molar-refractivity contribution < 1.29 is 9.53 Å². The molecule has 0 radical (unpaired) electrons. The van der Waals surface area contributed by atoms with Gasteiger partial charge in [0, 0.05) is 51.8 Å². The normalized spacial score (nSPS) is 14.9. The molecule has 0 atom stereocenters. The number of nitrogens with one attached hydrogen (secondary N) is 2. The summed E-state index contributed by atoms with van der Waals surface area (Å²) in [6.45, 7) is 5.95. The van der Waals surface area contributed by atoms with Gasteiger partial charge < -0.3 is 20.3 Å². The van der Waals surface area contributed by atoms with Gasteiger partial charge in [0.1, 0.15) is 6.54 Å². The summed E-state index contributed by atoms with van der Waals surface area (Å²) >= 11 is 6.21. The van der Waals surface area contributed by atoms with E-state index in [0.29, 0.717) is 12.5 Å². The van der Waals surface area contributed by atoms with Crippen molar-refractivity contribution in [3.05, 3.63) is 34.9 Å². The van der Waals surface area contributed by atoms with Gasteiger partial charge in [-0.05, 0) is 18.1 Å². The SMILES string of the molecule is CN(C)C(=O)CN=C(NCCc1ccccc1Cl)NCCN1CCOCC1.I. The van der Waals surface area contributed by atoms with E-state index in [2.05, 4.69) is 20.5 Å². The topological polar surface area (TPSA) is 69.2 Å². The quantitative estimate of drug-likeness (QED) is 0.307. The number of aliphatic imine (C=N–C) groups is 1. The molecule has 1 aromatic rings. The minimum atomic E-state index is -0.0321. The van der Waals surface area contributed by atoms with E-state index in [1.54, 1.807) is 19.0 Å². The molecule has 28 heavy (non-hydrogen) atoms. The highest BCUT2D eigenvalue weighted by molar-refractivity contribution is 14.0. The van der Waals surface area contributed by atoms with E-state index in [1.165, 1.54) is 0 Å². The lowest BCUT2D eigenvalue weighted by Crippen LogP contribution is -2.45. The van der Waals surface area contributed by atoms with Crippen LogP contribution in [0, 0.1) is 0 Å². The molecule has 0 aliphatic carbocycles. The summed E-state index contributed by atoms with van der Waals surface area (Å²) in [6.07, 6.45) is 0.783. The number of carbonyl (C=O) groups is 1. The molecule has 1 saturated heterocycles. The Bertz CT molecular complexity index is 624. The van der Waals surface area contributed by atoms with Crippen LogP contribution in [-0.4, -0.2) is 88.2 Å². The first kappa shape index (κ1) is 24.9. The van der Waals surface area contributed by atoms with Crippen molar-refractivity contribution in [3.63, 3.8) is 0 Å². The second-order valence-corrected chi connectivity index (χ2v) is 7.01. The van der Waals surface area contributed by atoms with Gasteiger partial charge in [0.05, 0.1) is 13.2 Å². The highest BCUT2D eigenvalue weighted by Gasteiger charge is 2.10. The Morgan fingerprint density at radius 3 is 2.57 bits per heavy atom. The lowest BCUT2D eigenvalue weighted by atomic mass is 10.1. The number of rotatable bonds is 8. The largest absolute Gasteiger partial charge is 0.379 e. The van der Waals surface area contributed by atoms with Gasteiger partial charge in [0.25, 0.3) is 0 Å². The highest BCUT2D eigenvalue weighted by Crippen LogP contribution is 2.14. The van der Waals surface area contributed by atoms with Crippen molar-refractivity contribution in [2.24, 2.45) is 4.99 Å². The lowest BCUT2D eigenvalue weighted by molar-refractivity contribution is -0.127. The smallest absolute Gasteiger partial charge is 0.243 e. The van der Waals surface area contributed by atoms with Crippen molar-refractivity contribution in [1.29, 1.82) is 0 Å². The van der Waals surface area contributed by atoms with Crippen LogP contribution in [-0.2, 0) is 16.0 Å². The predicted molar refractivity (Wildman–Crippen MR) is 125 cm³/mol. The molecular weight excluding hydrogens is 493 g/mol. The predicted octanol–water partition coefficient (Wildman–Crippen LogP) is 1.46. The number of ether oxygens (including phenoxy) is 1. The fourth-order valence-electron chi connectivity index (χ4n) is 2.64. The second kappa shape index (κ2) is 14.0. The first-order valence-corrected chi connectivity index (χ1v) is 9.70. The Morgan fingerprint density at radius 1 is 1.21 bits per heavy atom. The number of carbonyl (C=O) groups excluding carboxylic acids is 1. The van der Waals surface area contributed by atoms with Crippen LogP contribution in [0.1, 0.15) is 5.56 Å². The first-order chi connectivity index (χ1) is 13.1. The third-order valence-electron chi connectivity index (χ3n) is 4.34. The van der Waals surface area contributed by atoms with Gasteiger partial charge in [-0.2, -0.15) is 0 Å². The molecule has 0 unspecified atom stereocenters. The van der Waals surface area contributed by atoms with Gasteiger partial charge in [-0.1, -0.05) is 29.8 Å². The van der Waals surface area contributed by atoms with Crippen LogP contribution < -0.4 is 10.6 Å². The number of morpholine rings is 1. The molecule has 0 spiro atoms. The molecule has 1 aromatic carbocycles. The van der Waals surface area contributed by atoms with Gasteiger partial charge in [0.15, 0.2) is 5.96 Å². The number of nitrogens with zero attached hydrogens (tertiary/aromatic N) is 3. The zero-order chi connectivity index (χ0) is 19.5. The summed E-state index contributed by atoms with van der Waals surface area (Å²) in [5.41, 5.74) is 1.09. The van der Waals surface area contributed by atoms with Crippen molar-refractivity contribution in [1.82, 2.24) is 20.4 Å². The zero-order valence-corrected chi connectivity index (χ0v) is 19.7. The van der Waals surface area contributed by atoms with Crippen molar-refractivity contribution >= 4 is 47.4 Å². The van der Waals surface area contributed by atoms with E-state index >= 15 is 0 Å². The standard InChI is InChI=1S/C19H30ClN5O2.HI/c1-24(2)18(26)15-23-19(22-9-10-25-11-13-27-14-12-25)21-8-7-16-5-3-4-6-17(16)20;/h3-6H,7-15H2,1-2H3,(H2,21,22,23);1H. The molecule has 0 aromatic heterocycles. The number of hydrogen-bond donors (Lipinski definition) is 2. The van der Waals surface area contributed by atoms with Gasteiger partial charge in [-0.3, -0.25) is 9.69 Å². The molecule has 0 saturated carbocycles. The molecule has 1 amide bonds. The average molecular weight is 524 g/mol. The Morgan fingerprint density at radius 2 is 1.89 bits per heavy atom. The van der Waals surface area contributed by atoms with Crippen molar-refractivity contribution in [2.75, 3.05) is 66.6 Å². The van der Waals surface area contributed by atoms with E-state index in [1.807, 2.05) is 24.3 Å². The number of halogens is 2. The Kier molecular flexibility index (Phi) is 12.4. The molecule has 9 heteroatoms. The number of guanidine groups is 1. The summed E-state index contributed by atoms with van der Waals surface area (Å²) in [5, 5.41) is 7.37. The van der Waals surface area contributed by atoms with Crippen LogP contribution in [0.5, 0.6) is 0 Å². The molecular formula is C19H31ClIN5O2. The minimum Gasteiger partial charge on any atom is -0.379 e. The molecule has 158 valence electrons. The van der Waals surface area contributed by atoms with Gasteiger partial charge in [-0.25, -0.2) is 4.99 Å². The summed E-state index contributed by atoms with van der Waals surface area (Å²) in [6, 6.07) is 7.81. The second-order valence-electron chi connectivity index (χ2n) is 6.60. The Hall–Kier alpha value is -1.10. The summed E-state index contributed by atoms with van der Waals surface area (Å²) < 4.78 is 5.37. The molecule has 2 N–H and O–H groups in total. The molecule has 7 nitrogen and oxygen atoms in total. The van der Waals surface area contributed by atoms with E-state index in [9.17, 15) is 4.79 Å². The summed E-state index contributed by atoms with van der Waals surface area (Å²) in [7, 11) is 3.46. The molecule has 0 bridgehead atoms. The van der Waals surface area contributed by atoms with Crippen LogP contribution in [0.3, 0.4) is 0 Å². The van der Waals surface area contributed by atoms with Crippen molar-refractivity contribution in [3.8, 4) is 0 Å². The Balaban J connectivity index is 0.00000392. The first-order valence-electron chi connectivity index (χ1n) is 9.32. The monoisotopic (exact) mass is 523 g/mol. The molecule has 1 aliphatic heterocycles. The molecule has 2 rings (SSSR count). The number of likely N-dealkylation sites (N-methyl/N-ethyl adjacent to an activating group) is 1.